The minimum Gasteiger partial charge on any atom is -0.380 e. The highest BCUT2D eigenvalue weighted by molar-refractivity contribution is 7.21. The standard InChI is InChI=1S/C20H17FN2O2S3/c1-11-23-15(10-26-11)16-7-6-12(27-16)8-22-20(24)19-13(9-25-2)18-14(21)4-3-5-17(18)28-19/h3-7,10H,8-9H2,1-2H3,(H,22,24). The van der Waals surface area contributed by atoms with E-state index in [0.717, 1.165) is 25.2 Å². The van der Waals surface area contributed by atoms with Crippen molar-refractivity contribution in [3.8, 4) is 10.6 Å². The number of hydrogen-bond acceptors (Lipinski definition) is 6. The summed E-state index contributed by atoms with van der Waals surface area (Å²) in [6.07, 6.45) is 0. The molecule has 0 unspecified atom stereocenters. The minimum atomic E-state index is -0.332. The van der Waals surface area contributed by atoms with Gasteiger partial charge < -0.3 is 10.1 Å². The molecule has 4 rings (SSSR count). The molecule has 1 N–H and O–H groups in total. The predicted molar refractivity (Wildman–Crippen MR) is 114 cm³/mol. The Kier molecular flexibility index (Phi) is 5.54. The molecule has 8 heteroatoms. The zero-order chi connectivity index (χ0) is 19.7. The van der Waals surface area contributed by atoms with Gasteiger partial charge in [0.2, 0.25) is 0 Å². The Morgan fingerprint density at radius 3 is 2.86 bits per heavy atom. The molecule has 28 heavy (non-hydrogen) atoms. The summed E-state index contributed by atoms with van der Waals surface area (Å²) in [7, 11) is 1.54. The minimum absolute atomic E-state index is 0.190. The molecule has 0 aliphatic heterocycles. The molecule has 3 aromatic heterocycles. The zero-order valence-electron chi connectivity index (χ0n) is 15.2. The molecule has 0 fully saturated rings. The molecule has 0 atom stereocenters. The van der Waals surface area contributed by atoms with E-state index in [9.17, 15) is 9.18 Å². The molecule has 0 bridgehead atoms. The zero-order valence-corrected chi connectivity index (χ0v) is 17.7. The maximum Gasteiger partial charge on any atom is 0.262 e. The predicted octanol–water partition coefficient (Wildman–Crippen LogP) is 5.61. The van der Waals surface area contributed by atoms with E-state index in [0.29, 0.717) is 22.4 Å². The first-order valence-corrected chi connectivity index (χ1v) is 11.1. The first kappa shape index (κ1) is 19.2. The Balaban J connectivity index is 1.54. The van der Waals surface area contributed by atoms with Gasteiger partial charge in [-0.3, -0.25) is 4.79 Å². The maximum atomic E-state index is 14.3. The smallest absolute Gasteiger partial charge is 0.262 e. The van der Waals surface area contributed by atoms with Crippen molar-refractivity contribution in [2.24, 2.45) is 0 Å². The summed E-state index contributed by atoms with van der Waals surface area (Å²) in [5.74, 6) is -0.548. The van der Waals surface area contributed by atoms with Gasteiger partial charge in [0.15, 0.2) is 0 Å². The quantitative estimate of drug-likeness (QED) is 0.431. The monoisotopic (exact) mass is 432 g/mol. The number of thiophene rings is 2. The summed E-state index contributed by atoms with van der Waals surface area (Å²) >= 11 is 4.51. The van der Waals surface area contributed by atoms with Crippen molar-refractivity contribution in [3.05, 3.63) is 61.9 Å². The second-order valence-electron chi connectivity index (χ2n) is 6.16. The second-order valence-corrected chi connectivity index (χ2v) is 9.44. The van der Waals surface area contributed by atoms with E-state index in [1.54, 1.807) is 35.8 Å². The van der Waals surface area contributed by atoms with Crippen molar-refractivity contribution in [1.82, 2.24) is 10.3 Å². The van der Waals surface area contributed by atoms with Gasteiger partial charge in [-0.2, -0.15) is 0 Å². The summed E-state index contributed by atoms with van der Waals surface area (Å²) in [4.78, 5) is 19.9. The molecule has 4 nitrogen and oxygen atoms in total. The van der Waals surface area contributed by atoms with Gasteiger partial charge in [-0.25, -0.2) is 9.37 Å². The van der Waals surface area contributed by atoms with E-state index < -0.39 is 0 Å². The fourth-order valence-corrected chi connectivity index (χ4v) is 5.70. The summed E-state index contributed by atoms with van der Waals surface area (Å²) in [6.45, 7) is 2.58. The number of halogens is 1. The lowest BCUT2D eigenvalue weighted by Crippen LogP contribution is -2.22. The highest BCUT2D eigenvalue weighted by atomic mass is 32.1. The van der Waals surface area contributed by atoms with Crippen molar-refractivity contribution in [2.45, 2.75) is 20.1 Å². The van der Waals surface area contributed by atoms with Gasteiger partial charge in [0, 0.05) is 33.0 Å². The number of nitrogens with one attached hydrogen (secondary N) is 1. The van der Waals surface area contributed by atoms with Crippen LogP contribution in [0.4, 0.5) is 4.39 Å². The fraction of sp³-hybridized carbons (Fsp3) is 0.200. The van der Waals surface area contributed by atoms with Crippen LogP contribution in [-0.2, 0) is 17.9 Å². The molecule has 144 valence electrons. The van der Waals surface area contributed by atoms with E-state index in [1.807, 2.05) is 30.5 Å². The van der Waals surface area contributed by atoms with E-state index >= 15 is 0 Å². The molecular weight excluding hydrogens is 415 g/mol. The van der Waals surface area contributed by atoms with E-state index in [2.05, 4.69) is 10.3 Å². The van der Waals surface area contributed by atoms with Crippen LogP contribution >= 0.6 is 34.0 Å². The third kappa shape index (κ3) is 3.73. The highest BCUT2D eigenvalue weighted by Crippen LogP contribution is 2.34. The summed E-state index contributed by atoms with van der Waals surface area (Å²) < 4.78 is 20.2. The SMILES string of the molecule is COCc1c(C(=O)NCc2ccc(-c3csc(C)n3)s2)sc2cccc(F)c12. The molecule has 0 radical (unpaired) electrons. The summed E-state index contributed by atoms with van der Waals surface area (Å²) in [6, 6.07) is 8.89. The van der Waals surface area contributed by atoms with Crippen LogP contribution in [0.25, 0.3) is 20.7 Å². The van der Waals surface area contributed by atoms with Crippen molar-refractivity contribution in [1.29, 1.82) is 0 Å². The van der Waals surface area contributed by atoms with Gasteiger partial charge in [0.1, 0.15) is 5.82 Å². The number of benzene rings is 1. The van der Waals surface area contributed by atoms with Crippen LogP contribution in [0.15, 0.2) is 35.7 Å². The third-order valence-corrected chi connectivity index (χ3v) is 7.29. The number of nitrogens with zero attached hydrogens (tertiary/aromatic N) is 1. The Morgan fingerprint density at radius 1 is 1.25 bits per heavy atom. The number of carbonyl (C=O) groups excluding carboxylic acids is 1. The molecule has 0 saturated carbocycles. The number of aromatic nitrogens is 1. The number of ether oxygens (including phenoxy) is 1. The first-order valence-electron chi connectivity index (χ1n) is 8.55. The molecule has 0 spiro atoms. The molecule has 1 aromatic carbocycles. The third-order valence-electron chi connectivity index (χ3n) is 4.21. The van der Waals surface area contributed by atoms with Crippen molar-refractivity contribution < 1.29 is 13.9 Å². The highest BCUT2D eigenvalue weighted by Gasteiger charge is 2.20. The lowest BCUT2D eigenvalue weighted by molar-refractivity contribution is 0.0951. The fourth-order valence-electron chi connectivity index (χ4n) is 2.97. The van der Waals surface area contributed by atoms with Crippen LogP contribution in [0.2, 0.25) is 0 Å². The molecule has 0 aliphatic carbocycles. The van der Waals surface area contributed by atoms with Crippen LogP contribution in [0, 0.1) is 12.7 Å². The number of rotatable bonds is 6. The van der Waals surface area contributed by atoms with Crippen LogP contribution in [0.3, 0.4) is 0 Å². The van der Waals surface area contributed by atoms with Crippen LogP contribution in [0.1, 0.15) is 25.1 Å². The number of carbonyl (C=O) groups is 1. The van der Waals surface area contributed by atoms with Gasteiger partial charge in [-0.05, 0) is 31.2 Å². The lowest BCUT2D eigenvalue weighted by Gasteiger charge is -2.05. The maximum absolute atomic E-state index is 14.3. The second kappa shape index (κ2) is 8.08. The van der Waals surface area contributed by atoms with Gasteiger partial charge in [-0.1, -0.05) is 6.07 Å². The number of amides is 1. The Labute approximate surface area is 173 Å². The van der Waals surface area contributed by atoms with Crippen molar-refractivity contribution >= 4 is 50.0 Å². The van der Waals surface area contributed by atoms with Crippen LogP contribution in [-0.4, -0.2) is 18.0 Å². The van der Waals surface area contributed by atoms with Crippen molar-refractivity contribution in [3.63, 3.8) is 0 Å². The number of aryl methyl sites for hydroxylation is 1. The van der Waals surface area contributed by atoms with E-state index in [4.69, 9.17) is 4.74 Å². The number of hydrogen-bond donors (Lipinski definition) is 1. The molecule has 0 aliphatic rings. The largest absolute Gasteiger partial charge is 0.380 e. The van der Waals surface area contributed by atoms with Gasteiger partial charge in [-0.15, -0.1) is 34.0 Å². The Morgan fingerprint density at radius 2 is 2.11 bits per heavy atom. The van der Waals surface area contributed by atoms with Crippen LogP contribution in [0.5, 0.6) is 0 Å². The lowest BCUT2D eigenvalue weighted by atomic mass is 10.1. The number of fused-ring (bicyclic) bond motifs is 1. The van der Waals surface area contributed by atoms with Gasteiger partial charge in [0.05, 0.1) is 33.6 Å². The topological polar surface area (TPSA) is 51.2 Å². The Hall–Kier alpha value is -2.13. The molecule has 0 saturated heterocycles. The summed E-state index contributed by atoms with van der Waals surface area (Å²) in [5, 5.41) is 6.48. The molecular formula is C20H17FN2O2S3. The van der Waals surface area contributed by atoms with Gasteiger partial charge in [0.25, 0.3) is 5.91 Å². The molecule has 4 aromatic rings. The first-order chi connectivity index (χ1) is 13.6. The van der Waals surface area contributed by atoms with Crippen molar-refractivity contribution in [2.75, 3.05) is 7.11 Å². The number of thiazole rings is 1. The molecule has 3 heterocycles. The number of methoxy groups -OCH3 is 1. The Bertz CT molecular complexity index is 1150. The summed E-state index contributed by atoms with van der Waals surface area (Å²) in [5.41, 5.74) is 1.57. The normalized spacial score (nSPS) is 11.2. The average molecular weight is 433 g/mol. The van der Waals surface area contributed by atoms with E-state index in [1.165, 1.54) is 17.4 Å². The molecule has 1 amide bonds. The average Bonchev–Trinajstić information content (AvgIpc) is 3.39. The van der Waals surface area contributed by atoms with E-state index in [-0.39, 0.29) is 18.3 Å². The van der Waals surface area contributed by atoms with Crippen LogP contribution < -0.4 is 5.32 Å². The van der Waals surface area contributed by atoms with Gasteiger partial charge >= 0.3 is 0 Å².